The van der Waals surface area contributed by atoms with Gasteiger partial charge in [0.25, 0.3) is 0 Å². The van der Waals surface area contributed by atoms with Crippen LogP contribution in [0.1, 0.15) is 11.1 Å². The van der Waals surface area contributed by atoms with Crippen LogP contribution >= 0.6 is 0 Å². The Labute approximate surface area is 178 Å². The zero-order chi connectivity index (χ0) is 18.3. The van der Waals surface area contributed by atoms with Gasteiger partial charge in [-0.25, -0.2) is 8.42 Å². The topological polar surface area (TPSA) is 86.7 Å². The molecule has 27 heavy (non-hydrogen) atoms. The van der Waals surface area contributed by atoms with Gasteiger partial charge in [0.15, 0.2) is 0 Å². The fourth-order valence-electron chi connectivity index (χ4n) is 3.59. The summed E-state index contributed by atoms with van der Waals surface area (Å²) in [4.78, 5) is 0. The van der Waals surface area contributed by atoms with Crippen molar-refractivity contribution in [1.29, 1.82) is 0 Å². The average Bonchev–Trinajstić information content (AvgIpc) is 2.64. The van der Waals surface area contributed by atoms with Gasteiger partial charge in [-0.05, 0) is 43.4 Å². The van der Waals surface area contributed by atoms with Crippen LogP contribution < -0.4 is 29.6 Å². The van der Waals surface area contributed by atoms with E-state index < -0.39 is 10.4 Å². The normalized spacial score (nSPS) is 11.8. The Morgan fingerprint density at radius 1 is 0.815 bits per heavy atom. The minimum Gasteiger partial charge on any atom is -0.726 e. The fourth-order valence-corrected chi connectivity index (χ4v) is 3.85. The van der Waals surface area contributed by atoms with Crippen molar-refractivity contribution in [3.8, 4) is 0 Å². The summed E-state index contributed by atoms with van der Waals surface area (Å²) in [5.74, 6) is 0. The van der Waals surface area contributed by atoms with Gasteiger partial charge >= 0.3 is 29.6 Å². The standard InChI is InChI=1S/C20H16O5S.Na/c21-11-18-15-7-3-4-8-16(15)19(12-25-26(22,23)24)17-10-9-13-5-1-2-6-14(13)20(17)18;/h1-10,21H,11-12H2,(H,22,23,24);/q;+1/p-1. The molecule has 0 spiro atoms. The van der Waals surface area contributed by atoms with Gasteiger partial charge in [0.2, 0.25) is 10.4 Å². The van der Waals surface area contributed by atoms with E-state index in [1.54, 1.807) is 0 Å². The van der Waals surface area contributed by atoms with Gasteiger partial charge in [-0.15, -0.1) is 0 Å². The van der Waals surface area contributed by atoms with Crippen molar-refractivity contribution >= 4 is 42.7 Å². The second-order valence-corrected chi connectivity index (χ2v) is 7.09. The van der Waals surface area contributed by atoms with Crippen molar-refractivity contribution in [1.82, 2.24) is 0 Å². The van der Waals surface area contributed by atoms with Crippen LogP contribution in [-0.4, -0.2) is 18.1 Å². The van der Waals surface area contributed by atoms with E-state index >= 15 is 0 Å². The molecule has 4 rings (SSSR count). The molecule has 0 heterocycles. The molecular formula is C20H15NaO5S. The minimum atomic E-state index is -4.82. The molecule has 0 saturated heterocycles. The molecule has 5 nitrogen and oxygen atoms in total. The van der Waals surface area contributed by atoms with Crippen LogP contribution in [0, 0.1) is 0 Å². The van der Waals surface area contributed by atoms with Crippen molar-refractivity contribution in [2.45, 2.75) is 13.2 Å². The van der Waals surface area contributed by atoms with Crippen molar-refractivity contribution < 1.29 is 51.8 Å². The molecule has 0 aromatic heterocycles. The maximum atomic E-state index is 11.0. The molecule has 0 radical (unpaired) electrons. The Balaban J connectivity index is 0.00000210. The molecule has 4 aromatic carbocycles. The third kappa shape index (κ3) is 3.75. The Morgan fingerprint density at radius 2 is 1.41 bits per heavy atom. The monoisotopic (exact) mass is 390 g/mol. The van der Waals surface area contributed by atoms with Crippen LogP contribution in [-0.2, 0) is 27.8 Å². The van der Waals surface area contributed by atoms with Crippen LogP contribution in [0.15, 0.2) is 60.7 Å². The third-order valence-corrected chi connectivity index (χ3v) is 5.05. The van der Waals surface area contributed by atoms with Crippen molar-refractivity contribution in [2.24, 2.45) is 0 Å². The van der Waals surface area contributed by atoms with E-state index in [2.05, 4.69) is 4.18 Å². The van der Waals surface area contributed by atoms with E-state index in [9.17, 15) is 18.1 Å². The van der Waals surface area contributed by atoms with Gasteiger partial charge < -0.3 is 9.66 Å². The predicted octanol–water partition coefficient (Wildman–Crippen LogP) is 0.619. The molecular weight excluding hydrogens is 375 g/mol. The Morgan fingerprint density at radius 3 is 2.04 bits per heavy atom. The summed E-state index contributed by atoms with van der Waals surface area (Å²) in [6, 6.07) is 19.0. The molecule has 7 heteroatoms. The molecule has 4 aromatic rings. The number of aliphatic hydroxyl groups is 1. The summed E-state index contributed by atoms with van der Waals surface area (Å²) in [5, 5.41) is 15.2. The molecule has 1 N–H and O–H groups in total. The van der Waals surface area contributed by atoms with Gasteiger partial charge in [0.05, 0.1) is 13.2 Å². The molecule has 0 fully saturated rings. The molecule has 0 atom stereocenters. The van der Waals surface area contributed by atoms with Gasteiger partial charge in [0, 0.05) is 0 Å². The molecule has 0 aliphatic carbocycles. The molecule has 0 aliphatic heterocycles. The number of aliphatic hydroxyl groups excluding tert-OH is 1. The van der Waals surface area contributed by atoms with Crippen LogP contribution in [0.3, 0.4) is 0 Å². The van der Waals surface area contributed by atoms with E-state index in [4.69, 9.17) is 0 Å². The van der Waals surface area contributed by atoms with Crippen molar-refractivity contribution in [3.63, 3.8) is 0 Å². The molecule has 0 amide bonds. The van der Waals surface area contributed by atoms with Gasteiger partial charge in [0.1, 0.15) is 0 Å². The third-order valence-electron chi connectivity index (χ3n) is 4.64. The first-order chi connectivity index (χ1) is 12.5. The number of rotatable bonds is 4. The van der Waals surface area contributed by atoms with Gasteiger partial charge in [-0.1, -0.05) is 60.7 Å². The van der Waals surface area contributed by atoms with E-state index in [1.807, 2.05) is 60.7 Å². The first-order valence-electron chi connectivity index (χ1n) is 8.04. The summed E-state index contributed by atoms with van der Waals surface area (Å²) in [7, 11) is -4.82. The number of fused-ring (bicyclic) bond motifs is 4. The van der Waals surface area contributed by atoms with E-state index in [1.165, 1.54) is 0 Å². The van der Waals surface area contributed by atoms with Crippen LogP contribution in [0.25, 0.3) is 32.3 Å². The smallest absolute Gasteiger partial charge is 0.726 e. The number of benzene rings is 4. The molecule has 0 unspecified atom stereocenters. The quantitative estimate of drug-likeness (QED) is 0.182. The summed E-state index contributed by atoms with van der Waals surface area (Å²) >= 11 is 0. The second-order valence-electron chi connectivity index (χ2n) is 6.04. The summed E-state index contributed by atoms with van der Waals surface area (Å²) in [6.45, 7) is -0.515. The number of hydrogen-bond acceptors (Lipinski definition) is 5. The van der Waals surface area contributed by atoms with Gasteiger partial charge in [-0.3, -0.25) is 4.18 Å². The number of hydrogen-bond donors (Lipinski definition) is 1. The molecule has 132 valence electrons. The summed E-state index contributed by atoms with van der Waals surface area (Å²) < 4.78 is 37.6. The minimum absolute atomic E-state index is 0. The molecule has 0 aliphatic rings. The van der Waals surface area contributed by atoms with E-state index in [-0.39, 0.29) is 42.8 Å². The van der Waals surface area contributed by atoms with Crippen LogP contribution in [0.5, 0.6) is 0 Å². The fraction of sp³-hybridized carbons (Fsp3) is 0.100. The van der Waals surface area contributed by atoms with E-state index in [0.29, 0.717) is 5.56 Å². The maximum Gasteiger partial charge on any atom is 1.00 e. The van der Waals surface area contributed by atoms with Crippen LogP contribution in [0.4, 0.5) is 0 Å². The largest absolute Gasteiger partial charge is 1.00 e. The first kappa shape index (κ1) is 20.2. The van der Waals surface area contributed by atoms with Crippen molar-refractivity contribution in [3.05, 3.63) is 71.8 Å². The maximum absolute atomic E-state index is 11.0. The predicted molar refractivity (Wildman–Crippen MR) is 99.4 cm³/mol. The second kappa shape index (κ2) is 7.85. The molecule has 0 saturated carbocycles. The first-order valence-corrected chi connectivity index (χ1v) is 9.38. The van der Waals surface area contributed by atoms with Crippen LogP contribution in [0.2, 0.25) is 0 Å². The zero-order valence-electron chi connectivity index (χ0n) is 14.7. The Hall–Kier alpha value is -1.51. The Bertz CT molecular complexity index is 1250. The Kier molecular flexibility index (Phi) is 5.88. The zero-order valence-corrected chi connectivity index (χ0v) is 17.5. The van der Waals surface area contributed by atoms with Crippen molar-refractivity contribution in [2.75, 3.05) is 0 Å². The average molecular weight is 390 g/mol. The van der Waals surface area contributed by atoms with E-state index in [0.717, 1.165) is 37.9 Å². The SMILES string of the molecule is O=S(=O)([O-])OCc1c2ccccc2c(CO)c2c1ccc1ccccc12.[Na+]. The summed E-state index contributed by atoms with van der Waals surface area (Å²) in [5.41, 5.74) is 1.37. The summed E-state index contributed by atoms with van der Waals surface area (Å²) in [6.07, 6.45) is 0. The van der Waals surface area contributed by atoms with Gasteiger partial charge in [-0.2, -0.15) is 0 Å². The molecule has 0 bridgehead atoms.